The maximum absolute atomic E-state index is 12.2. The van der Waals surface area contributed by atoms with Gasteiger partial charge in [0, 0.05) is 23.7 Å². The minimum absolute atomic E-state index is 0.0702. The van der Waals surface area contributed by atoms with E-state index in [4.69, 9.17) is 16.7 Å². The standard InChI is InChI=1S/C13H16ClNO2/c1-3-6-15(7-8-16)13(17)12-9-11(14)5-4-10(12)2/h3-5,9,16H,1,6-8H2,2H3. The number of carbonyl (C=O) groups excluding carboxylic acids is 1. The molecule has 92 valence electrons. The Labute approximate surface area is 106 Å². The number of hydrogen-bond acceptors (Lipinski definition) is 2. The van der Waals surface area contributed by atoms with Crippen LogP contribution in [-0.2, 0) is 0 Å². The number of hydrogen-bond donors (Lipinski definition) is 1. The van der Waals surface area contributed by atoms with Crippen molar-refractivity contribution in [2.75, 3.05) is 19.7 Å². The van der Waals surface area contributed by atoms with E-state index in [-0.39, 0.29) is 19.1 Å². The lowest BCUT2D eigenvalue weighted by molar-refractivity contribution is 0.0742. The lowest BCUT2D eigenvalue weighted by Gasteiger charge is -2.21. The van der Waals surface area contributed by atoms with Crippen molar-refractivity contribution in [1.82, 2.24) is 4.90 Å². The van der Waals surface area contributed by atoms with Crippen molar-refractivity contribution in [1.29, 1.82) is 0 Å². The van der Waals surface area contributed by atoms with Crippen LogP contribution in [-0.4, -0.2) is 35.6 Å². The molecule has 0 unspecified atom stereocenters. The number of halogens is 1. The van der Waals surface area contributed by atoms with Crippen molar-refractivity contribution in [3.63, 3.8) is 0 Å². The Morgan fingerprint density at radius 1 is 1.59 bits per heavy atom. The molecule has 4 heteroatoms. The number of nitrogens with zero attached hydrogens (tertiary/aromatic N) is 1. The summed E-state index contributed by atoms with van der Waals surface area (Å²) in [6, 6.07) is 5.20. The molecule has 0 fully saturated rings. The molecule has 0 saturated carbocycles. The van der Waals surface area contributed by atoms with Gasteiger partial charge in [-0.25, -0.2) is 0 Å². The van der Waals surface area contributed by atoms with Crippen LogP contribution in [0.3, 0.4) is 0 Å². The second-order valence-electron chi connectivity index (χ2n) is 3.72. The van der Waals surface area contributed by atoms with E-state index in [0.717, 1.165) is 5.56 Å². The highest BCUT2D eigenvalue weighted by Crippen LogP contribution is 2.17. The van der Waals surface area contributed by atoms with Crippen LogP contribution in [0.2, 0.25) is 5.02 Å². The van der Waals surface area contributed by atoms with Gasteiger partial charge in [0.25, 0.3) is 5.91 Å². The number of amides is 1. The van der Waals surface area contributed by atoms with Crippen molar-refractivity contribution >= 4 is 17.5 Å². The summed E-state index contributed by atoms with van der Waals surface area (Å²) in [7, 11) is 0. The van der Waals surface area contributed by atoms with E-state index in [9.17, 15) is 4.79 Å². The third kappa shape index (κ3) is 3.58. The molecule has 17 heavy (non-hydrogen) atoms. The van der Waals surface area contributed by atoms with E-state index >= 15 is 0 Å². The first-order chi connectivity index (χ1) is 8.10. The van der Waals surface area contributed by atoms with Crippen molar-refractivity contribution in [3.8, 4) is 0 Å². The summed E-state index contributed by atoms with van der Waals surface area (Å²) in [5, 5.41) is 9.46. The first-order valence-corrected chi connectivity index (χ1v) is 5.75. The van der Waals surface area contributed by atoms with E-state index in [1.807, 2.05) is 6.92 Å². The first kappa shape index (κ1) is 13.7. The van der Waals surface area contributed by atoms with Crippen LogP contribution in [0.5, 0.6) is 0 Å². The number of rotatable bonds is 5. The van der Waals surface area contributed by atoms with E-state index in [2.05, 4.69) is 6.58 Å². The maximum atomic E-state index is 12.2. The van der Waals surface area contributed by atoms with Crippen molar-refractivity contribution < 1.29 is 9.90 Å². The molecule has 1 N–H and O–H groups in total. The fraction of sp³-hybridized carbons (Fsp3) is 0.308. The molecular formula is C13H16ClNO2. The Morgan fingerprint density at radius 2 is 2.29 bits per heavy atom. The second kappa shape index (κ2) is 6.42. The van der Waals surface area contributed by atoms with Crippen LogP contribution in [0, 0.1) is 6.92 Å². The van der Waals surface area contributed by atoms with Crippen LogP contribution in [0.25, 0.3) is 0 Å². The molecule has 3 nitrogen and oxygen atoms in total. The highest BCUT2D eigenvalue weighted by molar-refractivity contribution is 6.31. The molecule has 0 heterocycles. The molecule has 0 aliphatic heterocycles. The Morgan fingerprint density at radius 3 is 2.88 bits per heavy atom. The molecule has 0 aliphatic rings. The lowest BCUT2D eigenvalue weighted by atomic mass is 10.1. The summed E-state index contributed by atoms with van der Waals surface area (Å²) in [6.07, 6.45) is 1.63. The summed E-state index contributed by atoms with van der Waals surface area (Å²) in [6.45, 7) is 6.08. The molecule has 0 atom stereocenters. The van der Waals surface area contributed by atoms with E-state index in [1.165, 1.54) is 4.90 Å². The Kier molecular flexibility index (Phi) is 5.19. The normalized spacial score (nSPS) is 10.1. The summed E-state index contributed by atoms with van der Waals surface area (Å²) < 4.78 is 0. The lowest BCUT2D eigenvalue weighted by Crippen LogP contribution is -2.34. The molecule has 1 amide bonds. The topological polar surface area (TPSA) is 40.5 Å². The van der Waals surface area contributed by atoms with Crippen molar-refractivity contribution in [3.05, 3.63) is 47.0 Å². The molecule has 1 aromatic rings. The highest BCUT2D eigenvalue weighted by Gasteiger charge is 2.16. The number of aliphatic hydroxyl groups is 1. The van der Waals surface area contributed by atoms with E-state index in [0.29, 0.717) is 17.1 Å². The van der Waals surface area contributed by atoms with Gasteiger partial charge in [-0.3, -0.25) is 4.79 Å². The summed E-state index contributed by atoms with van der Waals surface area (Å²) in [5.74, 6) is -0.140. The zero-order valence-electron chi connectivity index (χ0n) is 9.82. The second-order valence-corrected chi connectivity index (χ2v) is 4.16. The predicted molar refractivity (Wildman–Crippen MR) is 69.4 cm³/mol. The van der Waals surface area contributed by atoms with Crippen molar-refractivity contribution in [2.24, 2.45) is 0 Å². The molecule has 0 bridgehead atoms. The van der Waals surface area contributed by atoms with E-state index in [1.54, 1.807) is 24.3 Å². The van der Waals surface area contributed by atoms with Crippen molar-refractivity contribution in [2.45, 2.75) is 6.92 Å². The highest BCUT2D eigenvalue weighted by atomic mass is 35.5. The zero-order valence-corrected chi connectivity index (χ0v) is 10.6. The largest absolute Gasteiger partial charge is 0.395 e. The summed E-state index contributed by atoms with van der Waals surface area (Å²) in [4.78, 5) is 13.7. The molecule has 1 aromatic carbocycles. The molecule has 0 radical (unpaired) electrons. The van der Waals surface area contributed by atoms with Gasteiger partial charge in [-0.15, -0.1) is 6.58 Å². The minimum Gasteiger partial charge on any atom is -0.395 e. The number of benzene rings is 1. The van der Waals surface area contributed by atoms with Crippen LogP contribution < -0.4 is 0 Å². The smallest absolute Gasteiger partial charge is 0.254 e. The fourth-order valence-electron chi connectivity index (χ4n) is 1.55. The quantitative estimate of drug-likeness (QED) is 0.818. The number of carbonyl (C=O) groups is 1. The monoisotopic (exact) mass is 253 g/mol. The van der Waals surface area contributed by atoms with E-state index < -0.39 is 0 Å². The van der Waals surface area contributed by atoms with Gasteiger partial charge >= 0.3 is 0 Å². The van der Waals surface area contributed by atoms with Gasteiger partial charge in [-0.1, -0.05) is 23.7 Å². The van der Waals surface area contributed by atoms with Gasteiger partial charge in [-0.2, -0.15) is 0 Å². The van der Waals surface area contributed by atoms with Gasteiger partial charge in [-0.05, 0) is 24.6 Å². The third-order valence-electron chi connectivity index (χ3n) is 2.44. The zero-order chi connectivity index (χ0) is 12.8. The minimum atomic E-state index is -0.140. The van der Waals surface area contributed by atoms with Crippen LogP contribution >= 0.6 is 11.6 Å². The van der Waals surface area contributed by atoms with Crippen LogP contribution in [0.15, 0.2) is 30.9 Å². The van der Waals surface area contributed by atoms with Gasteiger partial charge in [0.2, 0.25) is 0 Å². The van der Waals surface area contributed by atoms with Gasteiger partial charge < -0.3 is 10.0 Å². The Hall–Kier alpha value is -1.32. The summed E-state index contributed by atoms with van der Waals surface area (Å²) in [5.41, 5.74) is 1.43. The SMILES string of the molecule is C=CCN(CCO)C(=O)c1cc(Cl)ccc1C. The molecule has 1 rings (SSSR count). The molecular weight excluding hydrogens is 238 g/mol. The summed E-state index contributed by atoms with van der Waals surface area (Å²) >= 11 is 5.88. The van der Waals surface area contributed by atoms with Gasteiger partial charge in [0.1, 0.15) is 0 Å². The molecule has 0 aliphatic carbocycles. The molecule has 0 aromatic heterocycles. The average Bonchev–Trinajstić information content (AvgIpc) is 2.31. The number of aliphatic hydroxyl groups excluding tert-OH is 1. The van der Waals surface area contributed by atoms with Crippen LogP contribution in [0.1, 0.15) is 15.9 Å². The fourth-order valence-corrected chi connectivity index (χ4v) is 1.72. The van der Waals surface area contributed by atoms with Gasteiger partial charge in [0.15, 0.2) is 0 Å². The van der Waals surface area contributed by atoms with Crippen LogP contribution in [0.4, 0.5) is 0 Å². The Balaban J connectivity index is 2.99. The number of aryl methyl sites for hydroxylation is 1. The first-order valence-electron chi connectivity index (χ1n) is 5.37. The molecule has 0 spiro atoms. The van der Waals surface area contributed by atoms with Gasteiger partial charge in [0.05, 0.1) is 6.61 Å². The third-order valence-corrected chi connectivity index (χ3v) is 2.67. The molecule has 0 saturated heterocycles. The predicted octanol–water partition coefficient (Wildman–Crippen LogP) is 2.27. The maximum Gasteiger partial charge on any atom is 0.254 e. The average molecular weight is 254 g/mol. The Bertz CT molecular complexity index is 418.